The van der Waals surface area contributed by atoms with E-state index in [-0.39, 0.29) is 5.41 Å². The number of pyridine rings is 1. The molecule has 0 spiro atoms. The van der Waals surface area contributed by atoms with Crippen molar-refractivity contribution in [2.24, 2.45) is 0 Å². The molecule has 3 aromatic heterocycles. The first-order valence-corrected chi connectivity index (χ1v) is 9.49. The van der Waals surface area contributed by atoms with Crippen LogP contribution in [0, 0.1) is 0 Å². The van der Waals surface area contributed by atoms with Crippen molar-refractivity contribution in [1.29, 1.82) is 0 Å². The molecular weight excluding hydrogens is 328 g/mol. The van der Waals surface area contributed by atoms with Crippen LogP contribution in [0.25, 0.3) is 49.0 Å². The largest absolute Gasteiger partial charge is 0.293 e. The number of hydrogen-bond donors (Lipinski definition) is 0. The van der Waals surface area contributed by atoms with Crippen molar-refractivity contribution in [3.05, 3.63) is 72.4 Å². The maximum absolute atomic E-state index is 4.77. The fraction of sp³-hybridized carbons (Fsp3) is 0.160. The van der Waals surface area contributed by atoms with E-state index in [1.807, 2.05) is 6.20 Å². The predicted octanol–water partition coefficient (Wildman–Crippen LogP) is 6.68. The molecule has 0 aliphatic carbocycles. The summed E-state index contributed by atoms with van der Waals surface area (Å²) in [6.07, 6.45) is 1.93. The van der Waals surface area contributed by atoms with Crippen LogP contribution in [0.15, 0.2) is 66.9 Å². The van der Waals surface area contributed by atoms with Gasteiger partial charge in [0.25, 0.3) is 0 Å². The Kier molecular flexibility index (Phi) is 2.65. The predicted molar refractivity (Wildman–Crippen MR) is 115 cm³/mol. The van der Waals surface area contributed by atoms with Gasteiger partial charge in [-0.15, -0.1) is 0 Å². The van der Waals surface area contributed by atoms with Gasteiger partial charge in [-0.1, -0.05) is 45.0 Å². The highest BCUT2D eigenvalue weighted by molar-refractivity contribution is 6.20. The third kappa shape index (κ3) is 1.93. The Morgan fingerprint density at radius 3 is 2.22 bits per heavy atom. The van der Waals surface area contributed by atoms with E-state index in [1.54, 1.807) is 0 Å². The van der Waals surface area contributed by atoms with Gasteiger partial charge in [0.1, 0.15) is 5.65 Å². The molecule has 2 nitrogen and oxygen atoms in total. The second-order valence-corrected chi connectivity index (χ2v) is 8.63. The van der Waals surface area contributed by atoms with Gasteiger partial charge < -0.3 is 0 Å². The van der Waals surface area contributed by atoms with Crippen LogP contribution in [-0.2, 0) is 5.41 Å². The molecule has 0 radical (unpaired) electrons. The van der Waals surface area contributed by atoms with E-state index in [9.17, 15) is 0 Å². The van der Waals surface area contributed by atoms with Gasteiger partial charge in [-0.2, -0.15) is 0 Å². The lowest BCUT2D eigenvalue weighted by molar-refractivity contribution is 0.592. The zero-order valence-corrected chi connectivity index (χ0v) is 15.7. The molecule has 0 bridgehead atoms. The lowest BCUT2D eigenvalue weighted by Crippen LogP contribution is -2.11. The third-order valence-electron chi connectivity index (χ3n) is 5.86. The van der Waals surface area contributed by atoms with Gasteiger partial charge in [0, 0.05) is 27.9 Å². The number of nitrogens with zero attached hydrogens (tertiary/aromatic N) is 2. The summed E-state index contributed by atoms with van der Waals surface area (Å²) in [5.41, 5.74) is 5.01. The maximum Gasteiger partial charge on any atom is 0.145 e. The molecule has 2 heteroatoms. The van der Waals surface area contributed by atoms with E-state index in [0.29, 0.717) is 0 Å². The number of aromatic nitrogens is 2. The summed E-state index contributed by atoms with van der Waals surface area (Å²) < 4.78 is 2.33. The molecule has 3 heterocycles. The highest BCUT2D eigenvalue weighted by Gasteiger charge is 2.20. The normalized spacial score (nSPS) is 13.0. The van der Waals surface area contributed by atoms with Crippen molar-refractivity contribution in [3.8, 4) is 0 Å². The Hall–Kier alpha value is -3.13. The van der Waals surface area contributed by atoms with E-state index in [4.69, 9.17) is 4.98 Å². The Morgan fingerprint density at radius 1 is 0.741 bits per heavy atom. The summed E-state index contributed by atoms with van der Waals surface area (Å²) in [5.74, 6) is 0. The summed E-state index contributed by atoms with van der Waals surface area (Å²) in [6.45, 7) is 6.86. The van der Waals surface area contributed by atoms with Gasteiger partial charge in [0.15, 0.2) is 0 Å². The van der Waals surface area contributed by atoms with Crippen molar-refractivity contribution in [3.63, 3.8) is 0 Å². The van der Waals surface area contributed by atoms with Crippen LogP contribution in [-0.4, -0.2) is 9.38 Å². The molecule has 6 aromatic rings. The average molecular weight is 348 g/mol. The Morgan fingerprint density at radius 2 is 1.48 bits per heavy atom. The molecule has 0 aliphatic rings. The zero-order chi connectivity index (χ0) is 18.3. The number of benzene rings is 3. The van der Waals surface area contributed by atoms with Crippen LogP contribution in [0.3, 0.4) is 0 Å². The van der Waals surface area contributed by atoms with E-state index in [2.05, 4.69) is 85.8 Å². The topological polar surface area (TPSA) is 17.3 Å². The minimum absolute atomic E-state index is 0.106. The standard InChI is InChI=1S/C25H20N2/c1-25(2,3)18-10-17-11-19-8-9-26-24-22-13-16-7-5-4-6-15(16)12-20(22)21(14-18)23(17)27(19)24/h4-14H,1-3H3. The molecule has 0 saturated heterocycles. The number of rotatable bonds is 0. The SMILES string of the molecule is CC(C)(C)c1cc2cc3ccnc4c5cc6ccccc6cc5c(c1)c2n34. The molecule has 130 valence electrons. The molecule has 0 saturated carbocycles. The van der Waals surface area contributed by atoms with Crippen molar-refractivity contribution >= 4 is 49.0 Å². The van der Waals surface area contributed by atoms with Gasteiger partial charge in [-0.05, 0) is 63.5 Å². The minimum Gasteiger partial charge on any atom is -0.293 e. The van der Waals surface area contributed by atoms with Crippen molar-refractivity contribution < 1.29 is 0 Å². The first-order valence-electron chi connectivity index (χ1n) is 9.49. The fourth-order valence-corrected chi connectivity index (χ4v) is 4.44. The van der Waals surface area contributed by atoms with Gasteiger partial charge in [0.2, 0.25) is 0 Å². The summed E-state index contributed by atoms with van der Waals surface area (Å²) in [5, 5.41) is 7.65. The number of fused-ring (bicyclic) bond motifs is 4. The van der Waals surface area contributed by atoms with E-state index < -0.39 is 0 Å². The monoisotopic (exact) mass is 348 g/mol. The summed E-state index contributed by atoms with van der Waals surface area (Å²) in [4.78, 5) is 4.77. The lowest BCUT2D eigenvalue weighted by atomic mass is 9.85. The van der Waals surface area contributed by atoms with Crippen LogP contribution >= 0.6 is 0 Å². The molecule has 0 atom stereocenters. The average Bonchev–Trinajstić information content (AvgIpc) is 3.04. The molecule has 6 rings (SSSR count). The molecule has 0 unspecified atom stereocenters. The third-order valence-corrected chi connectivity index (χ3v) is 5.86. The van der Waals surface area contributed by atoms with E-state index in [0.717, 1.165) is 5.65 Å². The van der Waals surface area contributed by atoms with Gasteiger partial charge in [-0.3, -0.25) is 4.40 Å². The van der Waals surface area contributed by atoms with Crippen LogP contribution in [0.2, 0.25) is 0 Å². The molecular formula is C25H20N2. The summed E-state index contributed by atoms with van der Waals surface area (Å²) in [6, 6.07) is 22.4. The molecule has 0 fully saturated rings. The molecule has 3 aromatic carbocycles. The first kappa shape index (κ1) is 15.0. The van der Waals surface area contributed by atoms with Gasteiger partial charge >= 0.3 is 0 Å². The molecule has 0 N–H and O–H groups in total. The van der Waals surface area contributed by atoms with Crippen LogP contribution < -0.4 is 0 Å². The minimum atomic E-state index is 0.106. The molecule has 0 amide bonds. The van der Waals surface area contributed by atoms with Crippen molar-refractivity contribution in [2.45, 2.75) is 26.2 Å². The second kappa shape index (κ2) is 4.77. The van der Waals surface area contributed by atoms with Crippen LogP contribution in [0.5, 0.6) is 0 Å². The maximum atomic E-state index is 4.77. The quantitative estimate of drug-likeness (QED) is 0.221. The highest BCUT2D eigenvalue weighted by atomic mass is 15.0. The van der Waals surface area contributed by atoms with Crippen LogP contribution in [0.1, 0.15) is 26.3 Å². The van der Waals surface area contributed by atoms with Crippen LogP contribution in [0.4, 0.5) is 0 Å². The fourth-order valence-electron chi connectivity index (χ4n) is 4.44. The van der Waals surface area contributed by atoms with Crippen molar-refractivity contribution in [1.82, 2.24) is 9.38 Å². The molecule has 0 aliphatic heterocycles. The smallest absolute Gasteiger partial charge is 0.145 e. The Balaban J connectivity index is 1.97. The Labute approximate surface area is 157 Å². The second-order valence-electron chi connectivity index (χ2n) is 8.63. The molecule has 27 heavy (non-hydrogen) atoms. The zero-order valence-electron chi connectivity index (χ0n) is 15.7. The first-order chi connectivity index (χ1) is 13.0. The lowest BCUT2D eigenvalue weighted by Gasteiger charge is -2.21. The summed E-state index contributed by atoms with van der Waals surface area (Å²) >= 11 is 0. The van der Waals surface area contributed by atoms with Gasteiger partial charge in [-0.25, -0.2) is 4.98 Å². The van der Waals surface area contributed by atoms with E-state index in [1.165, 1.54) is 48.9 Å². The summed E-state index contributed by atoms with van der Waals surface area (Å²) in [7, 11) is 0. The highest BCUT2D eigenvalue weighted by Crippen LogP contribution is 2.39. The van der Waals surface area contributed by atoms with Gasteiger partial charge in [0.05, 0.1) is 5.52 Å². The van der Waals surface area contributed by atoms with Crippen molar-refractivity contribution in [2.75, 3.05) is 0 Å². The number of hydrogen-bond acceptors (Lipinski definition) is 1. The van der Waals surface area contributed by atoms with E-state index >= 15 is 0 Å². The Bertz CT molecular complexity index is 1500.